The van der Waals surface area contributed by atoms with E-state index in [1.165, 1.54) is 11.8 Å². The Labute approximate surface area is 164 Å². The van der Waals surface area contributed by atoms with Crippen LogP contribution in [0.25, 0.3) is 5.78 Å². The summed E-state index contributed by atoms with van der Waals surface area (Å²) in [7, 11) is 0. The Kier molecular flexibility index (Phi) is 5.79. The molecule has 0 atom stereocenters. The van der Waals surface area contributed by atoms with Crippen LogP contribution in [-0.4, -0.2) is 42.7 Å². The number of thioether (sulfide) groups is 1. The van der Waals surface area contributed by atoms with Crippen LogP contribution in [0.2, 0.25) is 0 Å². The van der Waals surface area contributed by atoms with Crippen molar-refractivity contribution >= 4 is 23.4 Å². The van der Waals surface area contributed by atoms with Gasteiger partial charge >= 0.3 is 0 Å². The molecule has 0 saturated heterocycles. The van der Waals surface area contributed by atoms with Crippen molar-refractivity contribution in [2.45, 2.75) is 51.9 Å². The van der Waals surface area contributed by atoms with E-state index in [9.17, 15) is 4.79 Å². The number of benzene rings is 1. The smallest absolute Gasteiger partial charge is 0.253 e. The Hall–Kier alpha value is -2.41. The molecule has 1 aromatic carbocycles. The van der Waals surface area contributed by atoms with Crippen LogP contribution < -0.4 is 0 Å². The van der Waals surface area contributed by atoms with Crippen LogP contribution in [0.5, 0.6) is 0 Å². The Bertz CT molecular complexity index is 952. The number of carbonyl (C=O) groups excluding carboxylic acids is 1. The fraction of sp³-hybridized carbons (Fsp3) is 0.400. The van der Waals surface area contributed by atoms with Gasteiger partial charge in [0.05, 0.1) is 6.42 Å². The number of aromatic nitrogens is 4. The summed E-state index contributed by atoms with van der Waals surface area (Å²) in [6, 6.07) is 10.2. The summed E-state index contributed by atoms with van der Waals surface area (Å²) in [6.07, 6.45) is 2.24. The van der Waals surface area contributed by atoms with Gasteiger partial charge in [0.25, 0.3) is 5.78 Å². The first kappa shape index (κ1) is 19.4. The highest BCUT2D eigenvalue weighted by molar-refractivity contribution is 7.98. The summed E-state index contributed by atoms with van der Waals surface area (Å²) < 4.78 is 1.73. The maximum atomic E-state index is 13.1. The average Bonchev–Trinajstić information content (AvgIpc) is 3.07. The second-order valence-corrected chi connectivity index (χ2v) is 7.62. The topological polar surface area (TPSA) is 63.4 Å². The molecule has 27 heavy (non-hydrogen) atoms. The monoisotopic (exact) mass is 383 g/mol. The summed E-state index contributed by atoms with van der Waals surface area (Å²) in [4.78, 5) is 24.0. The molecule has 0 saturated carbocycles. The number of carbonyl (C=O) groups is 1. The van der Waals surface area contributed by atoms with E-state index < -0.39 is 0 Å². The molecule has 142 valence electrons. The van der Waals surface area contributed by atoms with Crippen LogP contribution in [-0.2, 0) is 17.8 Å². The van der Waals surface area contributed by atoms with E-state index in [-0.39, 0.29) is 11.9 Å². The molecule has 0 N–H and O–H groups in total. The molecule has 0 bridgehead atoms. The highest BCUT2D eigenvalue weighted by atomic mass is 32.2. The number of amides is 1. The van der Waals surface area contributed by atoms with Crippen molar-refractivity contribution < 1.29 is 4.79 Å². The molecule has 3 aromatic rings. The Morgan fingerprint density at radius 2 is 1.89 bits per heavy atom. The quantitative estimate of drug-likeness (QED) is 0.610. The standard InChI is InChI=1S/C20H25N5OS/c1-13(2)24(12-16-9-7-6-8-10-16)18(26)11-17-14(3)21-19-22-20(27-5)23-25(19)15(17)4/h6-10,13H,11-12H2,1-5H3. The predicted molar refractivity (Wildman–Crippen MR) is 108 cm³/mol. The largest absolute Gasteiger partial charge is 0.336 e. The van der Waals surface area contributed by atoms with Gasteiger partial charge in [-0.05, 0) is 39.5 Å². The van der Waals surface area contributed by atoms with Crippen LogP contribution in [0.15, 0.2) is 35.5 Å². The minimum atomic E-state index is 0.0893. The lowest BCUT2D eigenvalue weighted by atomic mass is 10.1. The second kappa shape index (κ2) is 8.08. The summed E-state index contributed by atoms with van der Waals surface area (Å²) in [5.74, 6) is 0.668. The van der Waals surface area contributed by atoms with Gasteiger partial charge in [-0.15, -0.1) is 5.10 Å². The normalized spacial score (nSPS) is 11.3. The zero-order valence-corrected chi connectivity index (χ0v) is 17.2. The fourth-order valence-corrected chi connectivity index (χ4v) is 3.46. The van der Waals surface area contributed by atoms with E-state index in [4.69, 9.17) is 0 Å². The number of nitrogens with zero attached hydrogens (tertiary/aromatic N) is 5. The Balaban J connectivity index is 1.89. The van der Waals surface area contributed by atoms with E-state index >= 15 is 0 Å². The van der Waals surface area contributed by atoms with Gasteiger partial charge in [-0.25, -0.2) is 9.50 Å². The van der Waals surface area contributed by atoms with Crippen molar-refractivity contribution in [3.63, 3.8) is 0 Å². The molecule has 6 nitrogen and oxygen atoms in total. The maximum absolute atomic E-state index is 13.1. The lowest BCUT2D eigenvalue weighted by Gasteiger charge is -2.27. The fourth-order valence-electron chi connectivity index (χ4n) is 3.12. The minimum Gasteiger partial charge on any atom is -0.336 e. The van der Waals surface area contributed by atoms with Crippen LogP contribution in [0.1, 0.15) is 36.4 Å². The van der Waals surface area contributed by atoms with Crippen molar-refractivity contribution in [2.24, 2.45) is 0 Å². The van der Waals surface area contributed by atoms with Gasteiger partial charge in [0.15, 0.2) is 0 Å². The average molecular weight is 384 g/mol. The molecule has 0 unspecified atom stereocenters. The van der Waals surface area contributed by atoms with Crippen molar-refractivity contribution in [1.82, 2.24) is 24.5 Å². The second-order valence-electron chi connectivity index (χ2n) is 6.85. The molecule has 0 aliphatic carbocycles. The highest BCUT2D eigenvalue weighted by Crippen LogP contribution is 2.19. The lowest BCUT2D eigenvalue weighted by molar-refractivity contribution is -0.132. The highest BCUT2D eigenvalue weighted by Gasteiger charge is 2.21. The van der Waals surface area contributed by atoms with E-state index in [1.807, 2.05) is 69.2 Å². The van der Waals surface area contributed by atoms with Crippen LogP contribution >= 0.6 is 11.8 Å². The van der Waals surface area contributed by atoms with Gasteiger partial charge in [0, 0.05) is 29.5 Å². The van der Waals surface area contributed by atoms with Gasteiger partial charge in [-0.1, -0.05) is 42.1 Å². The van der Waals surface area contributed by atoms with E-state index in [0.717, 1.165) is 22.5 Å². The third-order valence-electron chi connectivity index (χ3n) is 4.68. The Morgan fingerprint density at radius 3 is 2.52 bits per heavy atom. The number of rotatable bonds is 6. The molecule has 0 radical (unpaired) electrons. The molecule has 1 amide bonds. The molecule has 2 heterocycles. The third-order valence-corrected chi connectivity index (χ3v) is 5.22. The van der Waals surface area contributed by atoms with Gasteiger partial charge in [0.1, 0.15) is 0 Å². The van der Waals surface area contributed by atoms with Crippen LogP contribution in [0.3, 0.4) is 0 Å². The minimum absolute atomic E-state index is 0.0893. The first-order valence-corrected chi connectivity index (χ1v) is 10.2. The van der Waals surface area contributed by atoms with E-state index in [1.54, 1.807) is 4.52 Å². The molecule has 2 aromatic heterocycles. The van der Waals surface area contributed by atoms with E-state index in [2.05, 4.69) is 15.1 Å². The van der Waals surface area contributed by atoms with Crippen LogP contribution in [0.4, 0.5) is 0 Å². The summed E-state index contributed by atoms with van der Waals surface area (Å²) in [5.41, 5.74) is 3.80. The SMILES string of the molecule is CSc1nc2nc(C)c(CC(=O)N(Cc3ccccc3)C(C)C)c(C)n2n1. The predicted octanol–water partition coefficient (Wildman–Crippen LogP) is 3.44. The molecule has 0 spiro atoms. The van der Waals surface area contributed by atoms with Gasteiger partial charge < -0.3 is 4.90 Å². The molecule has 3 rings (SSSR count). The van der Waals surface area contributed by atoms with Crippen molar-refractivity contribution in [3.8, 4) is 0 Å². The van der Waals surface area contributed by atoms with Gasteiger partial charge in [-0.3, -0.25) is 4.79 Å². The number of hydrogen-bond acceptors (Lipinski definition) is 5. The summed E-state index contributed by atoms with van der Waals surface area (Å²) >= 11 is 1.48. The Morgan fingerprint density at radius 1 is 1.19 bits per heavy atom. The first-order valence-electron chi connectivity index (χ1n) is 9.01. The van der Waals surface area contributed by atoms with Gasteiger partial charge in [-0.2, -0.15) is 4.98 Å². The molecule has 7 heteroatoms. The summed E-state index contributed by atoms with van der Waals surface area (Å²) in [6.45, 7) is 8.60. The van der Waals surface area contributed by atoms with Crippen molar-refractivity contribution in [2.75, 3.05) is 6.26 Å². The number of fused-ring (bicyclic) bond motifs is 1. The van der Waals surface area contributed by atoms with Crippen molar-refractivity contribution in [3.05, 3.63) is 52.8 Å². The lowest BCUT2D eigenvalue weighted by Crippen LogP contribution is -2.37. The van der Waals surface area contributed by atoms with Gasteiger partial charge in [0.2, 0.25) is 11.1 Å². The molecule has 0 aliphatic heterocycles. The van der Waals surface area contributed by atoms with E-state index in [0.29, 0.717) is 23.9 Å². The first-order chi connectivity index (χ1) is 12.9. The zero-order chi connectivity index (χ0) is 19.6. The molecule has 0 aliphatic rings. The maximum Gasteiger partial charge on any atom is 0.253 e. The molecular formula is C20H25N5OS. The molecular weight excluding hydrogens is 358 g/mol. The number of hydrogen-bond donors (Lipinski definition) is 0. The van der Waals surface area contributed by atoms with Crippen LogP contribution in [0, 0.1) is 13.8 Å². The third kappa shape index (κ3) is 4.13. The van der Waals surface area contributed by atoms with Crippen molar-refractivity contribution in [1.29, 1.82) is 0 Å². The number of aryl methyl sites for hydroxylation is 2. The summed E-state index contributed by atoms with van der Waals surface area (Å²) in [5, 5.41) is 5.15. The zero-order valence-electron chi connectivity index (χ0n) is 16.4. The molecule has 0 fully saturated rings.